The standard InChI is InChI=1S/C18H15ClN4O2S/c1-10-2-17-13(3-11(10)4-20)15(14-5-22-6-16(21)18(14)19)7-23(17)12-8-26(24,25)9-12/h2-3,5-7,12H,8-9,21H2,1H3. The molecule has 8 heteroatoms. The van der Waals surface area contributed by atoms with Gasteiger partial charge < -0.3 is 10.3 Å². The molecule has 1 aliphatic rings. The largest absolute Gasteiger partial charge is 0.396 e. The summed E-state index contributed by atoms with van der Waals surface area (Å²) in [7, 11) is -2.97. The van der Waals surface area contributed by atoms with Gasteiger partial charge >= 0.3 is 0 Å². The first-order chi connectivity index (χ1) is 12.3. The number of nitrogen functional groups attached to an aromatic ring is 1. The van der Waals surface area contributed by atoms with Gasteiger partial charge in [-0.25, -0.2) is 8.42 Å². The van der Waals surface area contributed by atoms with E-state index in [1.807, 2.05) is 29.8 Å². The number of hydrogen-bond acceptors (Lipinski definition) is 5. The van der Waals surface area contributed by atoms with Crippen molar-refractivity contribution >= 4 is 38.0 Å². The third-order valence-corrected chi connectivity index (χ3v) is 6.99. The summed E-state index contributed by atoms with van der Waals surface area (Å²) in [5.41, 5.74) is 9.96. The van der Waals surface area contributed by atoms with Crippen LogP contribution in [0.3, 0.4) is 0 Å². The van der Waals surface area contributed by atoms with Crippen LogP contribution in [0.15, 0.2) is 30.7 Å². The van der Waals surface area contributed by atoms with Crippen LogP contribution < -0.4 is 5.73 Å². The minimum atomic E-state index is -2.97. The summed E-state index contributed by atoms with van der Waals surface area (Å²) in [4.78, 5) is 4.12. The molecular formula is C18H15ClN4O2S. The van der Waals surface area contributed by atoms with Gasteiger partial charge in [0.1, 0.15) is 0 Å². The van der Waals surface area contributed by atoms with Crippen LogP contribution in [-0.2, 0) is 9.84 Å². The Morgan fingerprint density at radius 2 is 2.04 bits per heavy atom. The first kappa shape index (κ1) is 16.9. The van der Waals surface area contributed by atoms with Crippen molar-refractivity contribution in [1.29, 1.82) is 5.26 Å². The number of fused-ring (bicyclic) bond motifs is 1. The molecule has 0 radical (unpaired) electrons. The Kier molecular flexibility index (Phi) is 3.72. The van der Waals surface area contributed by atoms with E-state index in [1.165, 1.54) is 6.20 Å². The third-order valence-electron chi connectivity index (χ3n) is 4.78. The number of nitrogens with two attached hydrogens (primary N) is 1. The van der Waals surface area contributed by atoms with E-state index in [9.17, 15) is 13.7 Å². The van der Waals surface area contributed by atoms with Crippen LogP contribution in [0.5, 0.6) is 0 Å². The molecule has 132 valence electrons. The van der Waals surface area contributed by atoms with E-state index in [2.05, 4.69) is 11.1 Å². The maximum atomic E-state index is 11.6. The van der Waals surface area contributed by atoms with Gasteiger partial charge in [-0.1, -0.05) is 11.6 Å². The van der Waals surface area contributed by atoms with Crippen LogP contribution in [-0.4, -0.2) is 29.5 Å². The molecule has 0 amide bonds. The second-order valence-corrected chi connectivity index (χ2v) is 9.10. The Morgan fingerprint density at radius 1 is 1.31 bits per heavy atom. The lowest BCUT2D eigenvalue weighted by Gasteiger charge is -2.28. The predicted molar refractivity (Wildman–Crippen MR) is 102 cm³/mol. The van der Waals surface area contributed by atoms with Gasteiger partial charge in [0.2, 0.25) is 0 Å². The van der Waals surface area contributed by atoms with Crippen molar-refractivity contribution < 1.29 is 8.42 Å². The number of nitriles is 1. The molecule has 0 unspecified atom stereocenters. The van der Waals surface area contributed by atoms with E-state index >= 15 is 0 Å². The fourth-order valence-corrected chi connectivity index (χ4v) is 4.98. The maximum Gasteiger partial charge on any atom is 0.154 e. The van der Waals surface area contributed by atoms with Gasteiger partial charge in [0.15, 0.2) is 9.84 Å². The maximum absolute atomic E-state index is 11.6. The Labute approximate surface area is 155 Å². The van der Waals surface area contributed by atoms with Crippen molar-refractivity contribution in [3.05, 3.63) is 46.9 Å². The number of nitrogens with zero attached hydrogens (tertiary/aromatic N) is 3. The van der Waals surface area contributed by atoms with Crippen molar-refractivity contribution in [2.45, 2.75) is 13.0 Å². The minimum absolute atomic E-state index is 0.109. The van der Waals surface area contributed by atoms with Gasteiger partial charge in [-0.2, -0.15) is 5.26 Å². The molecule has 2 N–H and O–H groups in total. The number of halogens is 1. The highest BCUT2D eigenvalue weighted by Gasteiger charge is 2.35. The molecule has 3 aromatic rings. The second-order valence-electron chi connectivity index (χ2n) is 6.57. The van der Waals surface area contributed by atoms with Crippen LogP contribution >= 0.6 is 11.6 Å². The zero-order chi connectivity index (χ0) is 18.6. The summed E-state index contributed by atoms with van der Waals surface area (Å²) in [6, 6.07) is 5.79. The fraction of sp³-hybridized carbons (Fsp3) is 0.222. The van der Waals surface area contributed by atoms with Crippen LogP contribution in [0.25, 0.3) is 22.0 Å². The zero-order valence-corrected chi connectivity index (χ0v) is 15.5. The molecule has 2 aromatic heterocycles. The van der Waals surface area contributed by atoms with Crippen molar-refractivity contribution in [2.24, 2.45) is 0 Å². The Balaban J connectivity index is 2.01. The molecule has 0 bridgehead atoms. The quantitative estimate of drug-likeness (QED) is 0.729. The number of aromatic nitrogens is 2. The lowest BCUT2D eigenvalue weighted by atomic mass is 10.0. The van der Waals surface area contributed by atoms with Gasteiger partial charge in [0.25, 0.3) is 0 Å². The Morgan fingerprint density at radius 3 is 2.69 bits per heavy atom. The van der Waals surface area contributed by atoms with Gasteiger partial charge in [-0.05, 0) is 24.6 Å². The van der Waals surface area contributed by atoms with Crippen molar-refractivity contribution in [3.63, 3.8) is 0 Å². The average Bonchev–Trinajstić information content (AvgIpc) is 2.92. The van der Waals surface area contributed by atoms with Gasteiger partial charge in [-0.3, -0.25) is 4.98 Å². The molecule has 26 heavy (non-hydrogen) atoms. The number of aryl methyl sites for hydroxylation is 1. The highest BCUT2D eigenvalue weighted by Crippen LogP contribution is 2.40. The number of pyridine rings is 1. The molecular weight excluding hydrogens is 372 g/mol. The smallest absolute Gasteiger partial charge is 0.154 e. The highest BCUT2D eigenvalue weighted by atomic mass is 35.5. The fourth-order valence-electron chi connectivity index (χ4n) is 3.38. The topological polar surface area (TPSA) is 102 Å². The molecule has 0 saturated carbocycles. The molecule has 4 rings (SSSR count). The Bertz CT molecular complexity index is 1200. The predicted octanol–water partition coefficient (Wildman–Crippen LogP) is 3.09. The monoisotopic (exact) mass is 386 g/mol. The minimum Gasteiger partial charge on any atom is -0.396 e. The van der Waals surface area contributed by atoms with E-state index in [4.69, 9.17) is 17.3 Å². The van der Waals surface area contributed by atoms with Crippen LogP contribution in [0.1, 0.15) is 17.2 Å². The summed E-state index contributed by atoms with van der Waals surface area (Å²) in [5, 5.41) is 10.6. The number of rotatable bonds is 2. The highest BCUT2D eigenvalue weighted by molar-refractivity contribution is 7.92. The normalized spacial score (nSPS) is 16.3. The summed E-state index contributed by atoms with van der Waals surface area (Å²) in [6.07, 6.45) is 4.99. The average molecular weight is 387 g/mol. The van der Waals surface area contributed by atoms with Crippen molar-refractivity contribution in [2.75, 3.05) is 17.2 Å². The molecule has 1 aliphatic heterocycles. The first-order valence-electron chi connectivity index (χ1n) is 7.96. The number of sulfone groups is 1. The van der Waals surface area contributed by atoms with Gasteiger partial charge in [0, 0.05) is 34.4 Å². The third kappa shape index (κ3) is 2.54. The van der Waals surface area contributed by atoms with Crippen LogP contribution in [0.4, 0.5) is 5.69 Å². The molecule has 0 atom stereocenters. The molecule has 1 aromatic carbocycles. The summed E-state index contributed by atoms with van der Waals surface area (Å²) < 4.78 is 25.2. The Hall–Kier alpha value is -2.56. The molecule has 1 saturated heterocycles. The van der Waals surface area contributed by atoms with Crippen LogP contribution in [0, 0.1) is 18.3 Å². The summed E-state index contributed by atoms with van der Waals surface area (Å²) >= 11 is 6.38. The van der Waals surface area contributed by atoms with Crippen molar-refractivity contribution in [3.8, 4) is 17.2 Å². The summed E-state index contributed by atoms with van der Waals surface area (Å²) in [6.45, 7) is 1.86. The molecule has 0 spiro atoms. The lowest BCUT2D eigenvalue weighted by Crippen LogP contribution is -2.37. The van der Waals surface area contributed by atoms with Crippen molar-refractivity contribution in [1.82, 2.24) is 9.55 Å². The first-order valence-corrected chi connectivity index (χ1v) is 10.2. The number of benzene rings is 1. The van der Waals surface area contributed by atoms with E-state index < -0.39 is 9.84 Å². The second kappa shape index (κ2) is 5.73. The number of hydrogen-bond donors (Lipinski definition) is 1. The number of anilines is 1. The zero-order valence-electron chi connectivity index (χ0n) is 13.9. The van der Waals surface area contributed by atoms with E-state index in [0.717, 1.165) is 22.0 Å². The van der Waals surface area contributed by atoms with Gasteiger partial charge in [-0.15, -0.1) is 0 Å². The molecule has 6 nitrogen and oxygen atoms in total. The van der Waals surface area contributed by atoms with E-state index in [-0.39, 0.29) is 17.5 Å². The SMILES string of the molecule is Cc1cc2c(cc1C#N)c(-c1cncc(N)c1Cl)cn2C1CS(=O)(=O)C1. The van der Waals surface area contributed by atoms with E-state index in [0.29, 0.717) is 21.8 Å². The van der Waals surface area contributed by atoms with Crippen LogP contribution in [0.2, 0.25) is 5.02 Å². The molecule has 1 fully saturated rings. The van der Waals surface area contributed by atoms with E-state index in [1.54, 1.807) is 6.20 Å². The summed E-state index contributed by atoms with van der Waals surface area (Å²) in [5.74, 6) is 0.219. The molecule has 3 heterocycles. The van der Waals surface area contributed by atoms with Gasteiger partial charge in [0.05, 0.1) is 46.1 Å². The molecule has 0 aliphatic carbocycles. The lowest BCUT2D eigenvalue weighted by molar-refractivity contribution is 0.516.